The van der Waals surface area contributed by atoms with Gasteiger partial charge in [0, 0.05) is 35.3 Å². The van der Waals surface area contributed by atoms with Gasteiger partial charge in [-0.05, 0) is 68.2 Å². The highest BCUT2D eigenvalue weighted by atomic mass is 16.5. The zero-order valence-corrected chi connectivity index (χ0v) is 26.1. The number of carbonyl (C=O) groups is 2. The van der Waals surface area contributed by atoms with Crippen molar-refractivity contribution in [2.45, 2.75) is 40.7 Å². The van der Waals surface area contributed by atoms with Crippen molar-refractivity contribution in [3.05, 3.63) is 119 Å². The third-order valence-electron chi connectivity index (χ3n) is 7.08. The van der Waals surface area contributed by atoms with E-state index in [1.165, 1.54) is 6.20 Å². The molecule has 1 amide bonds. The van der Waals surface area contributed by atoms with Crippen LogP contribution in [0.1, 0.15) is 56.4 Å². The first-order valence-electron chi connectivity index (χ1n) is 14.9. The minimum absolute atomic E-state index is 0.164. The summed E-state index contributed by atoms with van der Waals surface area (Å²) in [6.45, 7) is 7.66. The maximum absolute atomic E-state index is 13.9. The Bertz CT molecular complexity index is 1660. The molecule has 3 aromatic rings. The summed E-state index contributed by atoms with van der Waals surface area (Å²) in [7, 11) is 0. The molecule has 1 heterocycles. The molecule has 0 bridgehead atoms. The lowest BCUT2D eigenvalue weighted by Crippen LogP contribution is -2.38. The molecule has 0 aliphatic carbocycles. The fraction of sp³-hybridized carbons (Fsp3) is 0.222. The highest BCUT2D eigenvalue weighted by Crippen LogP contribution is 2.43. The summed E-state index contributed by atoms with van der Waals surface area (Å²) in [6, 6.07) is 25.2. The van der Waals surface area contributed by atoms with Crippen molar-refractivity contribution in [1.82, 2.24) is 10.3 Å². The van der Waals surface area contributed by atoms with Gasteiger partial charge in [0.05, 0.1) is 18.0 Å². The van der Waals surface area contributed by atoms with E-state index in [0.29, 0.717) is 17.7 Å². The van der Waals surface area contributed by atoms with Crippen LogP contribution in [0.3, 0.4) is 0 Å². The molecule has 0 saturated carbocycles. The fourth-order valence-corrected chi connectivity index (χ4v) is 4.77. The van der Waals surface area contributed by atoms with E-state index in [1.807, 2.05) is 92.7 Å². The fourth-order valence-electron chi connectivity index (χ4n) is 4.77. The number of fused-ring (bicyclic) bond motifs is 1. The molecular formula is C36H39N5O4. The minimum atomic E-state index is -0.539. The first-order chi connectivity index (χ1) is 21.9. The second-order valence-electron chi connectivity index (χ2n) is 10.1. The maximum Gasteiger partial charge on any atom is 0.325 e. The lowest BCUT2D eigenvalue weighted by atomic mass is 9.90. The number of ether oxygens (including phenoxy) is 2. The largest absolute Gasteiger partial charge is 0.486 e. The van der Waals surface area contributed by atoms with Crippen LogP contribution < -0.4 is 11.1 Å². The lowest BCUT2D eigenvalue weighted by Gasteiger charge is -2.34. The Labute approximate surface area is 264 Å². The number of allylic oxidation sites excluding steroid dienone is 2. The van der Waals surface area contributed by atoms with Gasteiger partial charge in [-0.3, -0.25) is 14.6 Å². The van der Waals surface area contributed by atoms with Gasteiger partial charge in [0.25, 0.3) is 5.91 Å². The quantitative estimate of drug-likeness (QED) is 0.182. The summed E-state index contributed by atoms with van der Waals surface area (Å²) in [4.78, 5) is 30.6. The average Bonchev–Trinajstić information content (AvgIpc) is 3.07. The van der Waals surface area contributed by atoms with Crippen LogP contribution in [0.25, 0.3) is 17.0 Å². The van der Waals surface area contributed by atoms with Crippen molar-refractivity contribution < 1.29 is 19.1 Å². The molecule has 0 fully saturated rings. The molecule has 3 aromatic carbocycles. The van der Waals surface area contributed by atoms with Crippen LogP contribution >= 0.6 is 0 Å². The molecule has 0 aromatic heterocycles. The standard InChI is InChI=1S/C36H39N5O4/c1-5-25(4)33-31-20-27(28(21-37)22-38-29-16-12-9-13-17-29)18-19-30(31)35(45-24-26-14-10-8-11-15-26)34(41(33)40-6-2)36(43)39-23-32(42)44-7-3/h6,8-22H,5,7,23-24,37H2,1-4H3,(H,39,43)/b28-21+,33-25-,38-22?,40-6-. The Morgan fingerprint density at radius 1 is 0.978 bits per heavy atom. The predicted octanol–water partition coefficient (Wildman–Crippen LogP) is 6.42. The molecule has 0 atom stereocenters. The minimum Gasteiger partial charge on any atom is -0.486 e. The number of amides is 1. The molecule has 4 rings (SSSR count). The number of para-hydroxylation sites is 1. The van der Waals surface area contributed by atoms with E-state index in [4.69, 9.17) is 15.2 Å². The normalized spacial score (nSPS) is 14.5. The Morgan fingerprint density at radius 3 is 2.33 bits per heavy atom. The number of hydrazone groups is 1. The van der Waals surface area contributed by atoms with Crippen molar-refractivity contribution in [1.29, 1.82) is 0 Å². The summed E-state index contributed by atoms with van der Waals surface area (Å²) in [6.07, 6.45) is 5.56. The number of aliphatic imine (C=N–C) groups is 1. The van der Waals surface area contributed by atoms with Crippen LogP contribution in [0, 0.1) is 0 Å². The molecule has 45 heavy (non-hydrogen) atoms. The van der Waals surface area contributed by atoms with Crippen molar-refractivity contribution in [2.75, 3.05) is 13.2 Å². The van der Waals surface area contributed by atoms with E-state index in [9.17, 15) is 9.59 Å². The van der Waals surface area contributed by atoms with Crippen LogP contribution in [0.4, 0.5) is 5.69 Å². The summed E-state index contributed by atoms with van der Waals surface area (Å²) in [5, 5.41) is 8.94. The molecule has 9 heteroatoms. The van der Waals surface area contributed by atoms with Crippen molar-refractivity contribution in [3.8, 4) is 0 Å². The molecule has 1 aliphatic heterocycles. The van der Waals surface area contributed by atoms with Crippen LogP contribution in [0.15, 0.2) is 106 Å². The number of nitrogens with two attached hydrogens (primary N) is 1. The summed E-state index contributed by atoms with van der Waals surface area (Å²) in [5.74, 6) is -0.731. The van der Waals surface area contributed by atoms with Gasteiger partial charge >= 0.3 is 5.97 Å². The smallest absolute Gasteiger partial charge is 0.325 e. The van der Waals surface area contributed by atoms with Crippen LogP contribution in [-0.2, 0) is 25.7 Å². The van der Waals surface area contributed by atoms with E-state index in [2.05, 4.69) is 15.4 Å². The second kappa shape index (κ2) is 15.9. The molecule has 0 unspecified atom stereocenters. The third-order valence-corrected chi connectivity index (χ3v) is 7.08. The zero-order valence-electron chi connectivity index (χ0n) is 26.1. The number of carbonyl (C=O) groups excluding carboxylic acids is 2. The van der Waals surface area contributed by atoms with Crippen LogP contribution in [-0.4, -0.2) is 42.5 Å². The second-order valence-corrected chi connectivity index (χ2v) is 10.1. The maximum atomic E-state index is 13.9. The van der Waals surface area contributed by atoms with Crippen molar-refractivity contribution in [2.24, 2.45) is 15.8 Å². The Morgan fingerprint density at radius 2 is 1.69 bits per heavy atom. The molecule has 9 nitrogen and oxygen atoms in total. The van der Waals surface area contributed by atoms with E-state index in [-0.39, 0.29) is 25.5 Å². The van der Waals surface area contributed by atoms with Gasteiger partial charge in [-0.25, -0.2) is 5.01 Å². The Kier molecular flexibility index (Phi) is 11.4. The predicted molar refractivity (Wildman–Crippen MR) is 180 cm³/mol. The van der Waals surface area contributed by atoms with Crippen LogP contribution in [0.5, 0.6) is 0 Å². The molecule has 232 valence electrons. The monoisotopic (exact) mass is 605 g/mol. The number of hydrogen-bond donors (Lipinski definition) is 2. The van der Waals surface area contributed by atoms with E-state index < -0.39 is 11.9 Å². The number of nitrogens with zero attached hydrogens (tertiary/aromatic N) is 3. The molecule has 1 aliphatic rings. The van der Waals surface area contributed by atoms with Gasteiger partial charge < -0.3 is 20.5 Å². The average molecular weight is 606 g/mol. The zero-order chi connectivity index (χ0) is 32.2. The highest BCUT2D eigenvalue weighted by Gasteiger charge is 2.36. The lowest BCUT2D eigenvalue weighted by molar-refractivity contribution is -0.143. The number of rotatable bonds is 12. The number of esters is 1. The van der Waals surface area contributed by atoms with Gasteiger partial charge in [0.1, 0.15) is 13.2 Å². The first-order valence-corrected chi connectivity index (χ1v) is 14.9. The van der Waals surface area contributed by atoms with E-state index in [0.717, 1.165) is 39.2 Å². The van der Waals surface area contributed by atoms with Crippen molar-refractivity contribution in [3.63, 3.8) is 0 Å². The molecular weight excluding hydrogens is 566 g/mol. The van der Waals surface area contributed by atoms with Gasteiger partial charge in [0.15, 0.2) is 11.5 Å². The number of nitrogens with one attached hydrogen (secondary N) is 1. The van der Waals surface area contributed by atoms with Gasteiger partial charge in [-0.1, -0.05) is 61.5 Å². The van der Waals surface area contributed by atoms with Gasteiger partial charge in [0.2, 0.25) is 0 Å². The summed E-state index contributed by atoms with van der Waals surface area (Å²) in [5.41, 5.74) is 12.8. The summed E-state index contributed by atoms with van der Waals surface area (Å²) >= 11 is 0. The summed E-state index contributed by atoms with van der Waals surface area (Å²) < 4.78 is 11.5. The van der Waals surface area contributed by atoms with Crippen molar-refractivity contribution >= 4 is 47.0 Å². The van der Waals surface area contributed by atoms with Gasteiger partial charge in [-0.2, -0.15) is 5.10 Å². The Hall–Kier alpha value is -5.44. The highest BCUT2D eigenvalue weighted by molar-refractivity contribution is 6.11. The first kappa shape index (κ1) is 32.5. The molecule has 3 N–H and O–H groups in total. The molecule has 0 spiro atoms. The Balaban J connectivity index is 1.89. The number of hydrogen-bond acceptors (Lipinski definition) is 8. The van der Waals surface area contributed by atoms with Gasteiger partial charge in [-0.15, -0.1) is 0 Å². The van der Waals surface area contributed by atoms with E-state index >= 15 is 0 Å². The SMILES string of the molecule is C/C=N\N1C(C(=O)NCC(=O)OCC)=C(OCc2ccccc2)c2ccc(/C(C=Nc3ccccc3)=C/N)cc2/C1=C(\C)CC. The topological polar surface area (TPSA) is 119 Å². The number of benzene rings is 3. The van der Waals surface area contributed by atoms with Crippen LogP contribution in [0.2, 0.25) is 0 Å². The molecule has 0 radical (unpaired) electrons. The molecule has 0 saturated heterocycles. The third kappa shape index (κ3) is 7.94. The van der Waals surface area contributed by atoms with E-state index in [1.54, 1.807) is 31.3 Å².